The van der Waals surface area contributed by atoms with Crippen molar-refractivity contribution in [2.45, 2.75) is 17.5 Å². The Balaban J connectivity index is 2.72. The van der Waals surface area contributed by atoms with Crippen LogP contribution in [0.4, 0.5) is 24.5 Å². The van der Waals surface area contributed by atoms with Crippen molar-refractivity contribution < 1.29 is 31.3 Å². The number of hydrogen-bond acceptors (Lipinski definition) is 6. The molecule has 24 heavy (non-hydrogen) atoms. The van der Waals surface area contributed by atoms with E-state index in [9.17, 15) is 36.5 Å². The van der Waals surface area contributed by atoms with Crippen molar-refractivity contribution >= 4 is 27.3 Å². The molecule has 0 aliphatic rings. The van der Waals surface area contributed by atoms with Crippen molar-refractivity contribution in [3.05, 3.63) is 28.3 Å². The standard InChI is InChI=1S/C11H13F3N4O5S/c12-11(13,14)6-17-10(19)3-4-16-8-2-1-7(24(15,22)23)5-9(8)18(20)21/h1-2,5,16H,3-4,6H2,(H,17,19)(H2,15,22,23). The van der Waals surface area contributed by atoms with Crippen molar-refractivity contribution in [1.29, 1.82) is 0 Å². The Bertz CT molecular complexity index is 736. The van der Waals surface area contributed by atoms with Crippen molar-refractivity contribution in [2.24, 2.45) is 5.14 Å². The third kappa shape index (κ3) is 6.37. The molecule has 0 radical (unpaired) electrons. The van der Waals surface area contributed by atoms with Gasteiger partial charge >= 0.3 is 6.18 Å². The van der Waals surface area contributed by atoms with E-state index in [1.807, 2.05) is 0 Å². The van der Waals surface area contributed by atoms with Gasteiger partial charge in [0.15, 0.2) is 0 Å². The zero-order chi connectivity index (χ0) is 18.5. The fraction of sp³-hybridized carbons (Fsp3) is 0.364. The number of nitrogens with one attached hydrogen (secondary N) is 2. The maximum absolute atomic E-state index is 11.9. The third-order valence-electron chi connectivity index (χ3n) is 2.65. The molecule has 1 amide bonds. The lowest BCUT2D eigenvalue weighted by molar-refractivity contribution is -0.384. The second-order valence-electron chi connectivity index (χ2n) is 4.55. The summed E-state index contributed by atoms with van der Waals surface area (Å²) in [7, 11) is -4.13. The summed E-state index contributed by atoms with van der Waals surface area (Å²) < 4.78 is 58.1. The number of nitrogens with two attached hydrogens (primary N) is 1. The summed E-state index contributed by atoms with van der Waals surface area (Å²) in [4.78, 5) is 20.8. The van der Waals surface area contributed by atoms with Gasteiger partial charge in [0.25, 0.3) is 5.69 Å². The van der Waals surface area contributed by atoms with Gasteiger partial charge in [-0.15, -0.1) is 0 Å². The number of primary sulfonamides is 1. The van der Waals surface area contributed by atoms with Gasteiger partial charge in [0, 0.05) is 19.0 Å². The van der Waals surface area contributed by atoms with Gasteiger partial charge in [0.05, 0.1) is 9.82 Å². The minimum Gasteiger partial charge on any atom is -0.379 e. The van der Waals surface area contributed by atoms with E-state index in [2.05, 4.69) is 5.32 Å². The fourth-order valence-electron chi connectivity index (χ4n) is 1.59. The minimum absolute atomic E-state index is 0.101. The van der Waals surface area contributed by atoms with Crippen LogP contribution in [0.15, 0.2) is 23.1 Å². The third-order valence-corrected chi connectivity index (χ3v) is 3.56. The largest absolute Gasteiger partial charge is 0.405 e. The SMILES string of the molecule is NS(=O)(=O)c1ccc(NCCC(=O)NCC(F)(F)F)c([N+](=O)[O-])c1. The number of hydrogen-bond donors (Lipinski definition) is 3. The maximum Gasteiger partial charge on any atom is 0.405 e. The predicted octanol–water partition coefficient (Wildman–Crippen LogP) is 0.723. The molecule has 134 valence electrons. The first kappa shape index (κ1) is 19.6. The summed E-state index contributed by atoms with van der Waals surface area (Å²) in [6.45, 7) is -1.67. The second-order valence-corrected chi connectivity index (χ2v) is 6.11. The molecule has 0 saturated heterocycles. The van der Waals surface area contributed by atoms with Crippen molar-refractivity contribution in [3.8, 4) is 0 Å². The number of sulfonamides is 1. The summed E-state index contributed by atoms with van der Waals surface area (Å²) in [5.74, 6) is -0.899. The van der Waals surface area contributed by atoms with Gasteiger partial charge in [0.2, 0.25) is 15.9 Å². The summed E-state index contributed by atoms with van der Waals surface area (Å²) in [5.41, 5.74) is -0.701. The van der Waals surface area contributed by atoms with Crippen LogP contribution in [0.5, 0.6) is 0 Å². The summed E-state index contributed by atoms with van der Waals surface area (Å²) >= 11 is 0. The molecule has 0 saturated carbocycles. The number of nitro groups is 1. The van der Waals surface area contributed by atoms with E-state index < -0.39 is 44.2 Å². The molecule has 0 unspecified atom stereocenters. The molecule has 0 fully saturated rings. The lowest BCUT2D eigenvalue weighted by atomic mass is 10.2. The number of carbonyl (C=O) groups excluding carboxylic acids is 1. The highest BCUT2D eigenvalue weighted by molar-refractivity contribution is 7.89. The number of amides is 1. The zero-order valence-electron chi connectivity index (χ0n) is 12.0. The fourth-order valence-corrected chi connectivity index (χ4v) is 2.12. The average molecular weight is 370 g/mol. The van der Waals surface area contributed by atoms with Gasteiger partial charge in [-0.05, 0) is 12.1 Å². The molecule has 9 nitrogen and oxygen atoms in total. The number of halogens is 3. The number of benzene rings is 1. The van der Waals surface area contributed by atoms with Gasteiger partial charge < -0.3 is 10.6 Å². The van der Waals surface area contributed by atoms with Crippen LogP contribution in [-0.4, -0.2) is 38.5 Å². The monoisotopic (exact) mass is 370 g/mol. The Morgan fingerprint density at radius 2 is 1.96 bits per heavy atom. The molecule has 13 heteroatoms. The van der Waals surface area contributed by atoms with Crippen molar-refractivity contribution in [3.63, 3.8) is 0 Å². The summed E-state index contributed by atoms with van der Waals surface area (Å²) in [6.07, 6.45) is -4.91. The number of alkyl halides is 3. The lowest BCUT2D eigenvalue weighted by Gasteiger charge is -2.10. The average Bonchev–Trinajstić information content (AvgIpc) is 2.43. The highest BCUT2D eigenvalue weighted by Crippen LogP contribution is 2.27. The predicted molar refractivity (Wildman–Crippen MR) is 76.6 cm³/mol. The van der Waals surface area contributed by atoms with Crippen molar-refractivity contribution in [2.75, 3.05) is 18.4 Å². The van der Waals surface area contributed by atoms with Gasteiger partial charge in [-0.25, -0.2) is 13.6 Å². The maximum atomic E-state index is 11.9. The van der Waals surface area contributed by atoms with E-state index in [0.717, 1.165) is 18.2 Å². The Hall–Kier alpha value is -2.41. The second kappa shape index (κ2) is 7.44. The van der Waals surface area contributed by atoms with E-state index >= 15 is 0 Å². The first-order chi connectivity index (χ1) is 10.9. The van der Waals surface area contributed by atoms with E-state index in [1.54, 1.807) is 5.32 Å². The molecular formula is C11H13F3N4O5S. The van der Waals surface area contributed by atoms with Crippen LogP contribution < -0.4 is 15.8 Å². The van der Waals surface area contributed by atoms with Gasteiger partial charge in [-0.2, -0.15) is 13.2 Å². The molecule has 0 heterocycles. The molecule has 0 spiro atoms. The molecule has 0 aromatic heterocycles. The van der Waals surface area contributed by atoms with E-state index in [4.69, 9.17) is 5.14 Å². The Morgan fingerprint density at radius 3 is 2.46 bits per heavy atom. The van der Waals surface area contributed by atoms with Crippen LogP contribution in [-0.2, 0) is 14.8 Å². The Labute approximate surface area is 134 Å². The first-order valence-electron chi connectivity index (χ1n) is 6.29. The smallest absolute Gasteiger partial charge is 0.379 e. The van der Waals surface area contributed by atoms with E-state index in [0.29, 0.717) is 0 Å². The minimum atomic E-state index is -4.54. The molecule has 0 bridgehead atoms. The molecule has 1 rings (SSSR count). The quantitative estimate of drug-likeness (QED) is 0.476. The summed E-state index contributed by atoms with van der Waals surface area (Å²) in [6, 6.07) is 2.83. The van der Waals surface area contributed by atoms with Crippen molar-refractivity contribution in [1.82, 2.24) is 5.32 Å². The number of rotatable bonds is 7. The van der Waals surface area contributed by atoms with Crippen LogP contribution in [0.25, 0.3) is 0 Å². The van der Waals surface area contributed by atoms with Crippen LogP contribution in [0.2, 0.25) is 0 Å². The highest BCUT2D eigenvalue weighted by Gasteiger charge is 2.27. The molecule has 0 aliphatic heterocycles. The number of anilines is 1. The van der Waals surface area contributed by atoms with Gasteiger partial charge in [-0.3, -0.25) is 14.9 Å². The molecule has 1 aromatic carbocycles. The molecule has 4 N–H and O–H groups in total. The molecule has 1 aromatic rings. The van der Waals surface area contributed by atoms with Gasteiger partial charge in [0.1, 0.15) is 12.2 Å². The molecular weight excluding hydrogens is 357 g/mol. The zero-order valence-corrected chi connectivity index (χ0v) is 12.8. The van der Waals surface area contributed by atoms with Crippen LogP contribution in [0.1, 0.15) is 6.42 Å². The van der Waals surface area contributed by atoms with E-state index in [1.165, 1.54) is 0 Å². The normalized spacial score (nSPS) is 11.8. The number of nitrogens with zero attached hydrogens (tertiary/aromatic N) is 1. The number of nitro benzene ring substituents is 1. The van der Waals surface area contributed by atoms with Gasteiger partial charge in [-0.1, -0.05) is 0 Å². The molecule has 0 atom stereocenters. The van der Waals surface area contributed by atoms with E-state index in [-0.39, 0.29) is 18.7 Å². The highest BCUT2D eigenvalue weighted by atomic mass is 32.2. The van der Waals surface area contributed by atoms with Crippen LogP contribution in [0, 0.1) is 10.1 Å². The number of carbonyl (C=O) groups is 1. The van der Waals surface area contributed by atoms with Crippen LogP contribution in [0.3, 0.4) is 0 Å². The Morgan fingerprint density at radius 1 is 1.33 bits per heavy atom. The van der Waals surface area contributed by atoms with Crippen LogP contribution >= 0.6 is 0 Å². The lowest BCUT2D eigenvalue weighted by Crippen LogP contribution is -2.34. The topological polar surface area (TPSA) is 144 Å². The molecule has 0 aliphatic carbocycles. The first-order valence-corrected chi connectivity index (χ1v) is 7.83. The Kier molecular flexibility index (Phi) is 6.09. The summed E-state index contributed by atoms with van der Waals surface area (Å²) in [5, 5.41) is 19.9.